The molecule has 2 unspecified atom stereocenters. The Balaban J connectivity index is 2.53. The van der Waals surface area contributed by atoms with Crippen molar-refractivity contribution in [3.05, 3.63) is 12.2 Å². The van der Waals surface area contributed by atoms with Crippen LogP contribution in [0, 0.1) is 5.92 Å². The molecule has 1 rings (SSSR count). The van der Waals surface area contributed by atoms with Gasteiger partial charge >= 0.3 is 5.97 Å². The quantitative estimate of drug-likeness (QED) is 0.518. The third-order valence-corrected chi connectivity index (χ3v) is 1.72. The van der Waals surface area contributed by atoms with Gasteiger partial charge in [-0.1, -0.05) is 12.2 Å². The van der Waals surface area contributed by atoms with Gasteiger partial charge in [-0.15, -0.1) is 0 Å². The van der Waals surface area contributed by atoms with Gasteiger partial charge in [-0.05, 0) is 12.8 Å². The Morgan fingerprint density at radius 1 is 1.50 bits per heavy atom. The molecule has 0 heterocycles. The Hall–Kier alpha value is -0.830. The van der Waals surface area contributed by atoms with Gasteiger partial charge in [-0.2, -0.15) is 0 Å². The summed E-state index contributed by atoms with van der Waals surface area (Å²) in [4.78, 5) is 10.4. The standard InChI is InChI=1S/C7H11NO2/c8-6-3-1-5(2-4-6)7(9)10/h1,3,5-6H,2,4,8H2,(H,9,10). The monoisotopic (exact) mass is 141 g/mol. The molecule has 0 bridgehead atoms. The summed E-state index contributed by atoms with van der Waals surface area (Å²) in [6, 6.07) is 0.0654. The Labute approximate surface area is 59.5 Å². The molecule has 0 radical (unpaired) electrons. The summed E-state index contributed by atoms with van der Waals surface area (Å²) in [5.74, 6) is -1.05. The number of carboxylic acids is 1. The Kier molecular flexibility index (Phi) is 2.06. The second-order valence-corrected chi connectivity index (χ2v) is 2.57. The molecule has 0 aromatic carbocycles. The highest BCUT2D eigenvalue weighted by molar-refractivity contribution is 5.72. The number of carboxylic acid groups (broad SMARTS) is 1. The van der Waals surface area contributed by atoms with E-state index in [1.807, 2.05) is 0 Å². The van der Waals surface area contributed by atoms with Gasteiger partial charge in [0, 0.05) is 6.04 Å². The molecule has 0 amide bonds. The molecule has 0 fully saturated rings. The van der Waals surface area contributed by atoms with Crippen LogP contribution in [0.15, 0.2) is 12.2 Å². The number of hydrogen-bond donors (Lipinski definition) is 2. The first-order chi connectivity index (χ1) is 4.70. The maximum atomic E-state index is 10.4. The average Bonchev–Trinajstić information content (AvgIpc) is 1.88. The minimum absolute atomic E-state index is 0.0654. The van der Waals surface area contributed by atoms with Gasteiger partial charge < -0.3 is 10.8 Å². The summed E-state index contributed by atoms with van der Waals surface area (Å²) >= 11 is 0. The first-order valence-corrected chi connectivity index (χ1v) is 3.37. The maximum Gasteiger partial charge on any atom is 0.310 e. The van der Waals surface area contributed by atoms with Crippen LogP contribution in [0.4, 0.5) is 0 Å². The van der Waals surface area contributed by atoms with E-state index in [0.717, 1.165) is 6.42 Å². The molecule has 0 saturated heterocycles. The molecule has 10 heavy (non-hydrogen) atoms. The fourth-order valence-corrected chi connectivity index (χ4v) is 1.05. The zero-order chi connectivity index (χ0) is 7.56. The summed E-state index contributed by atoms with van der Waals surface area (Å²) in [6.07, 6.45) is 4.90. The average molecular weight is 141 g/mol. The molecule has 56 valence electrons. The van der Waals surface area contributed by atoms with Crippen LogP contribution in [0.1, 0.15) is 12.8 Å². The molecule has 3 nitrogen and oxygen atoms in total. The van der Waals surface area contributed by atoms with Crippen molar-refractivity contribution in [3.8, 4) is 0 Å². The van der Waals surface area contributed by atoms with E-state index in [2.05, 4.69) is 0 Å². The molecule has 2 atom stereocenters. The van der Waals surface area contributed by atoms with Crippen LogP contribution < -0.4 is 5.73 Å². The van der Waals surface area contributed by atoms with Crippen LogP contribution in [0.25, 0.3) is 0 Å². The van der Waals surface area contributed by atoms with E-state index in [0.29, 0.717) is 6.42 Å². The molecule has 3 heteroatoms. The van der Waals surface area contributed by atoms with Crippen molar-refractivity contribution in [3.63, 3.8) is 0 Å². The Morgan fingerprint density at radius 2 is 2.20 bits per heavy atom. The van der Waals surface area contributed by atoms with E-state index in [1.165, 1.54) is 0 Å². The first-order valence-electron chi connectivity index (χ1n) is 3.37. The van der Waals surface area contributed by atoms with Crippen LogP contribution in [0.2, 0.25) is 0 Å². The molecular weight excluding hydrogens is 130 g/mol. The van der Waals surface area contributed by atoms with E-state index >= 15 is 0 Å². The van der Waals surface area contributed by atoms with Crippen molar-refractivity contribution >= 4 is 5.97 Å². The molecule has 0 aliphatic heterocycles. The lowest BCUT2D eigenvalue weighted by molar-refractivity contribution is -0.140. The predicted octanol–water partition coefficient (Wildman–Crippen LogP) is 0.364. The van der Waals surface area contributed by atoms with Gasteiger partial charge in [0.1, 0.15) is 0 Å². The SMILES string of the molecule is NC1C=CC(C(=O)O)CC1. The highest BCUT2D eigenvalue weighted by Crippen LogP contribution is 2.15. The molecule has 0 aromatic heterocycles. The minimum Gasteiger partial charge on any atom is -0.481 e. The number of aliphatic carboxylic acids is 1. The lowest BCUT2D eigenvalue weighted by Gasteiger charge is -2.15. The number of rotatable bonds is 1. The number of hydrogen-bond acceptors (Lipinski definition) is 2. The molecule has 0 saturated carbocycles. The first kappa shape index (κ1) is 7.28. The summed E-state index contributed by atoms with van der Waals surface area (Å²) in [5.41, 5.74) is 5.52. The molecule has 0 aromatic rings. The van der Waals surface area contributed by atoms with Gasteiger partial charge in [0.2, 0.25) is 0 Å². The second-order valence-electron chi connectivity index (χ2n) is 2.57. The zero-order valence-electron chi connectivity index (χ0n) is 5.66. The number of nitrogens with two attached hydrogens (primary N) is 1. The van der Waals surface area contributed by atoms with Crippen molar-refractivity contribution in [2.45, 2.75) is 18.9 Å². The summed E-state index contributed by atoms with van der Waals surface area (Å²) in [7, 11) is 0. The summed E-state index contributed by atoms with van der Waals surface area (Å²) in [6.45, 7) is 0. The van der Waals surface area contributed by atoms with Crippen molar-refractivity contribution in [2.75, 3.05) is 0 Å². The molecule has 1 aliphatic rings. The van der Waals surface area contributed by atoms with Crippen molar-refractivity contribution < 1.29 is 9.90 Å². The van der Waals surface area contributed by atoms with Crippen LogP contribution >= 0.6 is 0 Å². The Morgan fingerprint density at radius 3 is 2.60 bits per heavy atom. The van der Waals surface area contributed by atoms with Gasteiger partial charge in [0.05, 0.1) is 5.92 Å². The fourth-order valence-electron chi connectivity index (χ4n) is 1.05. The highest BCUT2D eigenvalue weighted by Gasteiger charge is 2.18. The van der Waals surface area contributed by atoms with Gasteiger partial charge in [-0.25, -0.2) is 0 Å². The lowest BCUT2D eigenvalue weighted by Crippen LogP contribution is -2.24. The van der Waals surface area contributed by atoms with Crippen molar-refractivity contribution in [1.82, 2.24) is 0 Å². The van der Waals surface area contributed by atoms with Gasteiger partial charge in [-0.3, -0.25) is 4.79 Å². The lowest BCUT2D eigenvalue weighted by atomic mass is 9.94. The zero-order valence-corrected chi connectivity index (χ0v) is 5.66. The second kappa shape index (κ2) is 2.84. The molecule has 3 N–H and O–H groups in total. The predicted molar refractivity (Wildman–Crippen MR) is 37.5 cm³/mol. The molecular formula is C7H11NO2. The minimum atomic E-state index is -0.747. The molecule has 1 aliphatic carbocycles. The normalized spacial score (nSPS) is 32.1. The third kappa shape index (κ3) is 1.57. The van der Waals surface area contributed by atoms with E-state index in [1.54, 1.807) is 12.2 Å². The van der Waals surface area contributed by atoms with E-state index in [-0.39, 0.29) is 12.0 Å². The van der Waals surface area contributed by atoms with Crippen molar-refractivity contribution in [2.24, 2.45) is 11.7 Å². The smallest absolute Gasteiger partial charge is 0.310 e. The van der Waals surface area contributed by atoms with Crippen LogP contribution in [0.3, 0.4) is 0 Å². The van der Waals surface area contributed by atoms with E-state index < -0.39 is 5.97 Å². The highest BCUT2D eigenvalue weighted by atomic mass is 16.4. The molecule has 0 spiro atoms. The van der Waals surface area contributed by atoms with Gasteiger partial charge in [0.25, 0.3) is 0 Å². The van der Waals surface area contributed by atoms with Crippen LogP contribution in [0.5, 0.6) is 0 Å². The van der Waals surface area contributed by atoms with E-state index in [4.69, 9.17) is 10.8 Å². The summed E-state index contributed by atoms with van der Waals surface area (Å²) < 4.78 is 0. The summed E-state index contributed by atoms with van der Waals surface area (Å²) in [5, 5.41) is 8.53. The fraction of sp³-hybridized carbons (Fsp3) is 0.571. The topological polar surface area (TPSA) is 63.3 Å². The number of carbonyl (C=O) groups is 1. The van der Waals surface area contributed by atoms with E-state index in [9.17, 15) is 4.79 Å². The Bertz CT molecular complexity index is 165. The maximum absolute atomic E-state index is 10.4. The largest absolute Gasteiger partial charge is 0.481 e. The third-order valence-electron chi connectivity index (χ3n) is 1.72. The van der Waals surface area contributed by atoms with Crippen molar-refractivity contribution in [1.29, 1.82) is 0 Å². The van der Waals surface area contributed by atoms with Crippen LogP contribution in [-0.4, -0.2) is 17.1 Å². The van der Waals surface area contributed by atoms with Crippen LogP contribution in [-0.2, 0) is 4.79 Å². The van der Waals surface area contributed by atoms with Gasteiger partial charge in [0.15, 0.2) is 0 Å².